The number of fused-ring (bicyclic) bond motifs is 3. The Labute approximate surface area is 293 Å². The minimum atomic E-state index is -0.349. The highest BCUT2D eigenvalue weighted by Crippen LogP contribution is 2.50. The Morgan fingerprint density at radius 1 is 0.353 bits per heavy atom. The van der Waals surface area contributed by atoms with Crippen molar-refractivity contribution in [2.24, 2.45) is 0 Å². The minimum Gasteiger partial charge on any atom is -0.253 e. The topological polar surface area (TPSA) is 129 Å². The van der Waals surface area contributed by atoms with Gasteiger partial charge in [-0.05, 0) is 82.9 Å². The van der Waals surface area contributed by atoms with E-state index in [0.29, 0.717) is 57.7 Å². The Bertz CT molecular complexity index is 2250. The Morgan fingerprint density at radius 2 is 0.667 bits per heavy atom. The van der Waals surface area contributed by atoms with E-state index in [1.165, 1.54) is 11.1 Å². The fraction of sp³-hybridized carbons (Fsp3) is 0.0732. The van der Waals surface area contributed by atoms with Crippen molar-refractivity contribution in [3.05, 3.63) is 145 Å². The van der Waals surface area contributed by atoms with Crippen LogP contribution in [0.1, 0.15) is 25.0 Å². The second kappa shape index (κ2) is 12.2. The largest absolute Gasteiger partial charge is 0.253 e. The van der Waals surface area contributed by atoms with E-state index in [0.717, 1.165) is 22.3 Å². The van der Waals surface area contributed by atoms with Crippen LogP contribution in [0.3, 0.4) is 0 Å². The van der Waals surface area contributed by atoms with Crippen LogP contribution in [-0.2, 0) is 5.41 Å². The molecule has 2 aromatic carbocycles. The van der Waals surface area contributed by atoms with E-state index < -0.39 is 0 Å². The van der Waals surface area contributed by atoms with Gasteiger partial charge in [0.05, 0.1) is 0 Å². The predicted octanol–water partition coefficient (Wildman–Crippen LogP) is 7.94. The highest BCUT2D eigenvalue weighted by molar-refractivity contribution is 5.85. The molecule has 6 aromatic heterocycles. The third-order valence-electron chi connectivity index (χ3n) is 9.04. The zero-order chi connectivity index (χ0) is 34.4. The Morgan fingerprint density at radius 3 is 0.961 bits per heavy atom. The summed E-state index contributed by atoms with van der Waals surface area (Å²) in [5.74, 6) is 3.05. The summed E-state index contributed by atoms with van der Waals surface area (Å²) in [5.41, 5.74) is 8.72. The van der Waals surface area contributed by atoms with Crippen molar-refractivity contribution in [1.82, 2.24) is 49.8 Å². The second-order valence-corrected chi connectivity index (χ2v) is 12.6. The van der Waals surface area contributed by atoms with Crippen LogP contribution in [0, 0.1) is 0 Å². The number of hydrogen-bond acceptors (Lipinski definition) is 10. The van der Waals surface area contributed by atoms with Crippen LogP contribution in [0.25, 0.3) is 80.0 Å². The quantitative estimate of drug-likeness (QED) is 0.173. The molecule has 0 bridgehead atoms. The van der Waals surface area contributed by atoms with Gasteiger partial charge in [-0.3, -0.25) is 19.9 Å². The van der Waals surface area contributed by atoms with Crippen LogP contribution in [-0.4, -0.2) is 49.8 Å². The molecule has 10 heteroatoms. The molecule has 0 amide bonds. The molecule has 0 aliphatic heterocycles. The fourth-order valence-corrected chi connectivity index (χ4v) is 6.46. The van der Waals surface area contributed by atoms with Gasteiger partial charge in [-0.15, -0.1) is 0 Å². The molecule has 0 radical (unpaired) electrons. The first-order valence-corrected chi connectivity index (χ1v) is 16.5. The van der Waals surface area contributed by atoms with Gasteiger partial charge in [0.2, 0.25) is 0 Å². The predicted molar refractivity (Wildman–Crippen MR) is 195 cm³/mol. The van der Waals surface area contributed by atoms with Crippen molar-refractivity contribution in [1.29, 1.82) is 0 Å². The molecule has 51 heavy (non-hydrogen) atoms. The van der Waals surface area contributed by atoms with Crippen LogP contribution in [0.4, 0.5) is 0 Å². The van der Waals surface area contributed by atoms with Crippen molar-refractivity contribution in [3.8, 4) is 80.0 Å². The molecule has 0 saturated carbocycles. The van der Waals surface area contributed by atoms with Gasteiger partial charge in [0.25, 0.3) is 0 Å². The van der Waals surface area contributed by atoms with Gasteiger partial charge in [-0.2, -0.15) is 0 Å². The van der Waals surface area contributed by atoms with Crippen LogP contribution in [0.2, 0.25) is 0 Å². The monoisotopic (exact) mass is 660 g/mol. The molecule has 0 atom stereocenters. The molecule has 0 saturated heterocycles. The zero-order valence-electron chi connectivity index (χ0n) is 27.7. The molecule has 0 fully saturated rings. The molecule has 0 unspecified atom stereocenters. The average Bonchev–Trinajstić information content (AvgIpc) is 3.43. The van der Waals surface area contributed by atoms with Gasteiger partial charge in [-0.25, -0.2) is 29.9 Å². The zero-order valence-corrected chi connectivity index (χ0v) is 27.7. The molecular formula is C41H28N10. The van der Waals surface area contributed by atoms with Crippen LogP contribution in [0.5, 0.6) is 0 Å². The number of rotatable bonds is 6. The lowest BCUT2D eigenvalue weighted by Gasteiger charge is -2.22. The summed E-state index contributed by atoms with van der Waals surface area (Å²) < 4.78 is 0. The lowest BCUT2D eigenvalue weighted by atomic mass is 9.81. The van der Waals surface area contributed by atoms with E-state index in [4.69, 9.17) is 29.9 Å². The van der Waals surface area contributed by atoms with Crippen molar-refractivity contribution in [3.63, 3.8) is 0 Å². The Kier molecular flexibility index (Phi) is 7.20. The first-order chi connectivity index (χ1) is 25.0. The normalized spacial score (nSPS) is 12.7. The standard InChI is InChI=1S/C41H28N10/c1-41(2)29-23-25(35-46-37(31-11-3-7-19-42-31)50-38(47-35)32-12-4-8-20-43-32)15-17-27(29)28-18-16-26(24-30(28)41)36-48-39(33-13-5-9-21-44-33)51-40(49-36)34-14-6-10-22-45-34/h3-24H,1-2H3. The van der Waals surface area contributed by atoms with Gasteiger partial charge >= 0.3 is 0 Å². The highest BCUT2D eigenvalue weighted by atomic mass is 15.1. The minimum absolute atomic E-state index is 0.349. The summed E-state index contributed by atoms with van der Waals surface area (Å²) in [7, 11) is 0. The first kappa shape index (κ1) is 30.1. The molecule has 0 spiro atoms. The number of nitrogens with zero attached hydrogens (tertiary/aromatic N) is 10. The van der Waals surface area contributed by atoms with E-state index in [1.807, 2.05) is 72.8 Å². The van der Waals surface area contributed by atoms with Crippen molar-refractivity contribution in [2.75, 3.05) is 0 Å². The molecule has 1 aliphatic carbocycles. The van der Waals surface area contributed by atoms with Crippen LogP contribution in [0.15, 0.2) is 134 Å². The maximum atomic E-state index is 4.90. The van der Waals surface area contributed by atoms with Gasteiger partial charge in [0.15, 0.2) is 34.9 Å². The summed E-state index contributed by atoms with van der Waals surface area (Å²) in [4.78, 5) is 47.1. The average molecular weight is 661 g/mol. The van der Waals surface area contributed by atoms with E-state index in [2.05, 4.69) is 70.2 Å². The molecule has 0 N–H and O–H groups in total. The maximum absolute atomic E-state index is 4.90. The van der Waals surface area contributed by atoms with E-state index in [9.17, 15) is 0 Å². The second-order valence-electron chi connectivity index (χ2n) is 12.6. The Balaban J connectivity index is 1.14. The van der Waals surface area contributed by atoms with E-state index >= 15 is 0 Å². The molecule has 10 nitrogen and oxygen atoms in total. The van der Waals surface area contributed by atoms with Crippen molar-refractivity contribution < 1.29 is 0 Å². The van der Waals surface area contributed by atoms with E-state index in [-0.39, 0.29) is 5.41 Å². The third-order valence-corrected chi connectivity index (χ3v) is 9.04. The molecule has 6 heterocycles. The first-order valence-electron chi connectivity index (χ1n) is 16.5. The van der Waals surface area contributed by atoms with E-state index in [1.54, 1.807) is 24.8 Å². The van der Waals surface area contributed by atoms with Gasteiger partial charge < -0.3 is 0 Å². The fourth-order valence-electron chi connectivity index (χ4n) is 6.46. The van der Waals surface area contributed by atoms with Crippen LogP contribution < -0.4 is 0 Å². The van der Waals surface area contributed by atoms with Gasteiger partial charge in [0, 0.05) is 41.3 Å². The number of hydrogen-bond donors (Lipinski definition) is 0. The number of pyridine rings is 4. The van der Waals surface area contributed by atoms with Crippen molar-refractivity contribution >= 4 is 0 Å². The maximum Gasteiger partial charge on any atom is 0.182 e. The van der Waals surface area contributed by atoms with Crippen LogP contribution >= 0.6 is 0 Å². The lowest BCUT2D eigenvalue weighted by molar-refractivity contribution is 0.660. The third kappa shape index (κ3) is 5.48. The lowest BCUT2D eigenvalue weighted by Crippen LogP contribution is -2.15. The molecule has 9 rings (SSSR count). The molecular weight excluding hydrogens is 633 g/mol. The SMILES string of the molecule is CC1(C)c2cc(-c3nc(-c4ccccn4)nc(-c4ccccn4)n3)ccc2-c2ccc(-c3nc(-c4ccccn4)nc(-c4ccccn4)n3)cc21. The summed E-state index contributed by atoms with van der Waals surface area (Å²) in [6.07, 6.45) is 6.94. The number of benzene rings is 2. The highest BCUT2D eigenvalue weighted by Gasteiger charge is 2.36. The molecule has 8 aromatic rings. The summed E-state index contributed by atoms with van der Waals surface area (Å²) in [6.45, 7) is 4.48. The summed E-state index contributed by atoms with van der Waals surface area (Å²) in [5, 5.41) is 0. The van der Waals surface area contributed by atoms with Crippen molar-refractivity contribution in [2.45, 2.75) is 19.3 Å². The van der Waals surface area contributed by atoms with Gasteiger partial charge in [-0.1, -0.05) is 62.4 Å². The Hall–Kier alpha value is -6.94. The number of aromatic nitrogens is 10. The van der Waals surface area contributed by atoms with Gasteiger partial charge in [0.1, 0.15) is 22.8 Å². The molecule has 242 valence electrons. The summed E-state index contributed by atoms with van der Waals surface area (Å²) in [6, 6.07) is 35.6. The molecule has 1 aliphatic rings. The smallest absolute Gasteiger partial charge is 0.182 e. The summed E-state index contributed by atoms with van der Waals surface area (Å²) >= 11 is 0.